The van der Waals surface area contributed by atoms with Crippen molar-refractivity contribution in [3.8, 4) is 11.5 Å². The Morgan fingerprint density at radius 1 is 1.35 bits per heavy atom. The Kier molecular flexibility index (Phi) is 4.15. The van der Waals surface area contributed by atoms with Crippen molar-refractivity contribution in [1.29, 1.82) is 0 Å². The van der Waals surface area contributed by atoms with Gasteiger partial charge in [0, 0.05) is 0 Å². The summed E-state index contributed by atoms with van der Waals surface area (Å²) in [5, 5.41) is 13.0. The number of ether oxygens (including phenoxy) is 2. The Balaban J connectivity index is 2.35. The van der Waals surface area contributed by atoms with Gasteiger partial charge in [0.1, 0.15) is 23.5 Å². The van der Waals surface area contributed by atoms with E-state index in [1.165, 1.54) is 0 Å². The minimum atomic E-state index is -1.04. The van der Waals surface area contributed by atoms with Crippen LogP contribution in [0, 0.1) is 0 Å². The number of quaternary nitrogens is 1. The van der Waals surface area contributed by atoms with E-state index in [1.54, 1.807) is 26.0 Å². The minimum Gasteiger partial charge on any atom is -0.544 e. The molecule has 2 atom stereocenters. The lowest BCUT2D eigenvalue weighted by molar-refractivity contribution is -0.695. The first-order chi connectivity index (χ1) is 9.39. The molecular weight excluding hydrogens is 278 g/mol. The zero-order valence-corrected chi connectivity index (χ0v) is 12.8. The van der Waals surface area contributed by atoms with Gasteiger partial charge in [-0.15, -0.1) is 0 Å². The fourth-order valence-electron chi connectivity index (χ4n) is 2.44. The van der Waals surface area contributed by atoms with Crippen LogP contribution < -0.4 is 19.9 Å². The summed E-state index contributed by atoms with van der Waals surface area (Å²) in [5.41, 5.74) is 0.925. The van der Waals surface area contributed by atoms with Gasteiger partial charge in [0.15, 0.2) is 5.37 Å². The molecule has 0 unspecified atom stereocenters. The van der Waals surface area contributed by atoms with Crippen molar-refractivity contribution >= 4 is 17.7 Å². The number of carboxylic acids is 1. The molecule has 0 bridgehead atoms. The molecule has 0 radical (unpaired) electrons. The van der Waals surface area contributed by atoms with Gasteiger partial charge in [-0.05, 0) is 32.0 Å². The van der Waals surface area contributed by atoms with Crippen molar-refractivity contribution in [3.05, 3.63) is 23.8 Å². The van der Waals surface area contributed by atoms with E-state index in [4.69, 9.17) is 9.47 Å². The fourth-order valence-corrected chi connectivity index (χ4v) is 3.96. The third-order valence-electron chi connectivity index (χ3n) is 3.54. The Morgan fingerprint density at radius 2 is 2.05 bits per heavy atom. The van der Waals surface area contributed by atoms with Crippen molar-refractivity contribution in [2.45, 2.75) is 30.0 Å². The minimum absolute atomic E-state index is 0.0575. The number of thioether (sulfide) groups is 1. The van der Waals surface area contributed by atoms with Gasteiger partial charge in [-0.1, -0.05) is 11.8 Å². The van der Waals surface area contributed by atoms with Crippen LogP contribution in [0.25, 0.3) is 0 Å². The number of hydrogen-bond donors (Lipinski definition) is 1. The fraction of sp³-hybridized carbons (Fsp3) is 0.500. The predicted molar refractivity (Wildman–Crippen MR) is 74.7 cm³/mol. The standard InChI is InChI=1S/C14H19NO4S/c1-14(2)11(13(16)17)15-12(20-14)9-7-8(18-3)5-6-10(9)19-4/h5-7,11-12,15H,1-4H3,(H,16,17)/t11-,12-/m0/s1. The van der Waals surface area contributed by atoms with Gasteiger partial charge >= 0.3 is 0 Å². The quantitative estimate of drug-likeness (QED) is 0.840. The zero-order chi connectivity index (χ0) is 14.9. The zero-order valence-electron chi connectivity index (χ0n) is 12.0. The van der Waals surface area contributed by atoms with Gasteiger partial charge in [0.2, 0.25) is 0 Å². The van der Waals surface area contributed by atoms with Crippen molar-refractivity contribution in [3.63, 3.8) is 0 Å². The molecule has 1 fully saturated rings. The predicted octanol–water partition coefficient (Wildman–Crippen LogP) is -0.0903. The first-order valence-corrected chi connectivity index (χ1v) is 7.22. The number of nitrogens with two attached hydrogens (primary N) is 1. The van der Waals surface area contributed by atoms with Crippen molar-refractivity contribution in [2.24, 2.45) is 0 Å². The second-order valence-electron chi connectivity index (χ2n) is 5.24. The molecule has 0 aromatic heterocycles. The van der Waals surface area contributed by atoms with Crippen LogP contribution in [0.3, 0.4) is 0 Å². The monoisotopic (exact) mass is 297 g/mol. The van der Waals surface area contributed by atoms with E-state index in [9.17, 15) is 9.90 Å². The molecule has 1 aliphatic heterocycles. The number of carbonyl (C=O) groups is 1. The van der Waals surface area contributed by atoms with E-state index in [0.717, 1.165) is 17.1 Å². The van der Waals surface area contributed by atoms with Crippen LogP contribution in [-0.2, 0) is 4.79 Å². The maximum absolute atomic E-state index is 11.3. The average Bonchev–Trinajstić information content (AvgIpc) is 2.73. The molecule has 0 amide bonds. The van der Waals surface area contributed by atoms with Gasteiger partial charge in [0.25, 0.3) is 0 Å². The molecule has 1 aliphatic rings. The van der Waals surface area contributed by atoms with Crippen LogP contribution in [-0.4, -0.2) is 31.0 Å². The van der Waals surface area contributed by atoms with E-state index in [0.29, 0.717) is 0 Å². The molecule has 6 heteroatoms. The summed E-state index contributed by atoms with van der Waals surface area (Å²) < 4.78 is 10.2. The summed E-state index contributed by atoms with van der Waals surface area (Å²) in [5.74, 6) is 0.422. The van der Waals surface area contributed by atoms with Crippen LogP contribution in [0.5, 0.6) is 11.5 Å². The van der Waals surface area contributed by atoms with Gasteiger partial charge in [0.05, 0.1) is 24.5 Å². The highest BCUT2D eigenvalue weighted by atomic mass is 32.2. The molecule has 5 nitrogen and oxygen atoms in total. The van der Waals surface area contributed by atoms with Gasteiger partial charge in [-0.25, -0.2) is 0 Å². The van der Waals surface area contributed by atoms with E-state index in [-0.39, 0.29) is 5.37 Å². The second-order valence-corrected chi connectivity index (χ2v) is 7.03. The summed E-state index contributed by atoms with van der Waals surface area (Å²) in [4.78, 5) is 11.3. The van der Waals surface area contributed by atoms with E-state index in [2.05, 4.69) is 0 Å². The summed E-state index contributed by atoms with van der Waals surface area (Å²) in [7, 11) is 3.21. The molecule has 1 saturated heterocycles. The third-order valence-corrected chi connectivity index (χ3v) is 5.07. The molecule has 2 rings (SSSR count). The first kappa shape index (κ1) is 15.0. The first-order valence-electron chi connectivity index (χ1n) is 6.34. The van der Waals surface area contributed by atoms with E-state index >= 15 is 0 Å². The molecule has 2 N–H and O–H groups in total. The second kappa shape index (κ2) is 5.54. The molecule has 1 aromatic carbocycles. The molecule has 20 heavy (non-hydrogen) atoms. The number of methoxy groups -OCH3 is 2. The number of hydrogen-bond acceptors (Lipinski definition) is 5. The Morgan fingerprint density at radius 3 is 2.55 bits per heavy atom. The Labute approximate surface area is 122 Å². The molecule has 110 valence electrons. The van der Waals surface area contributed by atoms with Gasteiger partial charge in [-0.2, -0.15) is 0 Å². The Bertz CT molecular complexity index is 518. The number of rotatable bonds is 4. The SMILES string of the molecule is COc1ccc(OC)c([C@H]2[NH2+][C@@H](C(=O)[O-])C(C)(C)S2)c1. The lowest BCUT2D eigenvalue weighted by atomic mass is 10.0. The topological polar surface area (TPSA) is 75.2 Å². The number of benzene rings is 1. The summed E-state index contributed by atoms with van der Waals surface area (Å²) in [6.07, 6.45) is 0. The maximum atomic E-state index is 11.3. The molecular formula is C14H19NO4S. The maximum Gasteiger partial charge on any atom is 0.163 e. The highest BCUT2D eigenvalue weighted by Crippen LogP contribution is 2.44. The largest absolute Gasteiger partial charge is 0.544 e. The third kappa shape index (κ3) is 2.71. The number of carboxylic acid groups (broad SMARTS) is 1. The lowest BCUT2D eigenvalue weighted by Crippen LogP contribution is -2.92. The number of carbonyl (C=O) groups excluding carboxylic acids is 1. The summed E-state index contributed by atoms with van der Waals surface area (Å²) >= 11 is 1.59. The van der Waals surface area contributed by atoms with E-state index < -0.39 is 16.8 Å². The highest BCUT2D eigenvalue weighted by Gasteiger charge is 2.47. The molecule has 0 spiro atoms. The molecule has 1 aromatic rings. The average molecular weight is 297 g/mol. The lowest BCUT2D eigenvalue weighted by Gasteiger charge is -2.21. The molecule has 1 heterocycles. The van der Waals surface area contributed by atoms with Gasteiger partial charge in [-0.3, -0.25) is 0 Å². The number of aliphatic carboxylic acids is 1. The van der Waals surface area contributed by atoms with Gasteiger partial charge < -0.3 is 24.7 Å². The smallest absolute Gasteiger partial charge is 0.163 e. The van der Waals surface area contributed by atoms with Crippen LogP contribution >= 0.6 is 11.8 Å². The van der Waals surface area contributed by atoms with Crippen LogP contribution in [0.2, 0.25) is 0 Å². The van der Waals surface area contributed by atoms with Crippen molar-refractivity contribution in [1.82, 2.24) is 0 Å². The van der Waals surface area contributed by atoms with Crippen LogP contribution in [0.15, 0.2) is 18.2 Å². The van der Waals surface area contributed by atoms with E-state index in [1.807, 2.05) is 37.4 Å². The van der Waals surface area contributed by atoms with Crippen LogP contribution in [0.1, 0.15) is 24.8 Å². The van der Waals surface area contributed by atoms with Crippen LogP contribution in [0.4, 0.5) is 0 Å². The molecule has 0 aliphatic carbocycles. The normalized spacial score (nSPS) is 24.4. The molecule has 0 saturated carbocycles. The summed E-state index contributed by atoms with van der Waals surface area (Å²) in [6, 6.07) is 4.96. The summed E-state index contributed by atoms with van der Waals surface area (Å²) in [6.45, 7) is 3.84. The highest BCUT2D eigenvalue weighted by molar-refractivity contribution is 8.00. The van der Waals surface area contributed by atoms with Crippen molar-refractivity contribution < 1.29 is 24.7 Å². The van der Waals surface area contributed by atoms with Crippen molar-refractivity contribution in [2.75, 3.05) is 14.2 Å². The Hall–Kier alpha value is -1.40.